The van der Waals surface area contributed by atoms with E-state index in [1.165, 1.54) is 17.1 Å². The van der Waals surface area contributed by atoms with Crippen molar-refractivity contribution in [2.45, 2.75) is 6.92 Å². The minimum absolute atomic E-state index is 0.488. The van der Waals surface area contributed by atoms with Gasteiger partial charge in [-0.2, -0.15) is 0 Å². The van der Waals surface area contributed by atoms with Crippen LogP contribution in [0.1, 0.15) is 11.8 Å². The first-order chi connectivity index (χ1) is 11.2. The Balaban J connectivity index is 2.20. The molecule has 0 unspecified atom stereocenters. The maximum atomic E-state index is 6.41. The molecule has 23 heavy (non-hydrogen) atoms. The minimum atomic E-state index is 0.488. The Kier molecular flexibility index (Phi) is 3.40. The Morgan fingerprint density at radius 2 is 1.87 bits per heavy atom. The van der Waals surface area contributed by atoms with Crippen molar-refractivity contribution in [2.75, 3.05) is 0 Å². The summed E-state index contributed by atoms with van der Waals surface area (Å²) in [5.74, 6) is 0. The van der Waals surface area contributed by atoms with Crippen molar-refractivity contribution in [1.29, 1.82) is 0 Å². The molecule has 0 saturated heterocycles. The first-order valence-corrected chi connectivity index (χ1v) is 8.43. The van der Waals surface area contributed by atoms with Crippen molar-refractivity contribution in [3.05, 3.63) is 65.4 Å². The number of benzene rings is 2. The molecular weight excluding hydrogens is 324 g/mol. The lowest BCUT2D eigenvalue weighted by molar-refractivity contribution is 1.23. The van der Waals surface area contributed by atoms with Gasteiger partial charge in [-0.1, -0.05) is 60.6 Å². The molecule has 4 heteroatoms. The van der Waals surface area contributed by atoms with E-state index in [4.69, 9.17) is 11.6 Å². The quantitative estimate of drug-likeness (QED) is 0.407. The molecule has 0 N–H and O–H groups in total. The van der Waals surface area contributed by atoms with Crippen LogP contribution in [-0.2, 0) is 0 Å². The Morgan fingerprint density at radius 3 is 2.70 bits per heavy atom. The molecular formula is C19H13ClN2S. The number of allylic oxidation sites excluding steroid dienone is 1. The van der Waals surface area contributed by atoms with Crippen LogP contribution in [0.15, 0.2) is 55.4 Å². The minimum Gasteiger partial charge on any atom is -0.225 e. The molecule has 0 aliphatic heterocycles. The zero-order chi connectivity index (χ0) is 16.0. The SMILES string of the molecule is C=C(C)c1sc2ncnc(Cl)c2c1-c1cccc2ccccc12. The number of hydrogen-bond acceptors (Lipinski definition) is 3. The second kappa shape index (κ2) is 5.44. The summed E-state index contributed by atoms with van der Waals surface area (Å²) in [7, 11) is 0. The molecule has 2 heterocycles. The molecule has 112 valence electrons. The lowest BCUT2D eigenvalue weighted by atomic mass is 9.95. The van der Waals surface area contributed by atoms with Crippen molar-refractivity contribution in [3.8, 4) is 11.1 Å². The summed E-state index contributed by atoms with van der Waals surface area (Å²) < 4.78 is 0. The molecule has 0 atom stereocenters. The number of thiophene rings is 1. The van der Waals surface area contributed by atoms with Gasteiger partial charge in [0.05, 0.1) is 5.39 Å². The van der Waals surface area contributed by atoms with Crippen molar-refractivity contribution in [2.24, 2.45) is 0 Å². The first kappa shape index (κ1) is 14.4. The van der Waals surface area contributed by atoms with E-state index in [2.05, 4.69) is 52.9 Å². The van der Waals surface area contributed by atoms with Gasteiger partial charge in [0.25, 0.3) is 0 Å². The molecule has 0 amide bonds. The van der Waals surface area contributed by atoms with E-state index in [1.54, 1.807) is 11.3 Å². The molecule has 0 fully saturated rings. The third-order valence-corrected chi connectivity index (χ3v) is 5.43. The zero-order valence-corrected chi connectivity index (χ0v) is 14.1. The highest BCUT2D eigenvalue weighted by atomic mass is 35.5. The van der Waals surface area contributed by atoms with E-state index in [0.29, 0.717) is 5.15 Å². The van der Waals surface area contributed by atoms with Crippen molar-refractivity contribution in [3.63, 3.8) is 0 Å². The van der Waals surface area contributed by atoms with Gasteiger partial charge in [0.2, 0.25) is 0 Å². The fourth-order valence-electron chi connectivity index (χ4n) is 2.90. The van der Waals surface area contributed by atoms with Crippen LogP contribution < -0.4 is 0 Å². The fraction of sp³-hybridized carbons (Fsp3) is 0.0526. The van der Waals surface area contributed by atoms with E-state index >= 15 is 0 Å². The number of aromatic nitrogens is 2. The van der Waals surface area contributed by atoms with E-state index < -0.39 is 0 Å². The molecule has 0 aliphatic carbocycles. The molecule has 0 radical (unpaired) electrons. The number of fused-ring (bicyclic) bond motifs is 2. The highest BCUT2D eigenvalue weighted by molar-refractivity contribution is 7.20. The maximum Gasteiger partial charge on any atom is 0.141 e. The summed E-state index contributed by atoms with van der Waals surface area (Å²) in [6, 6.07) is 14.7. The van der Waals surface area contributed by atoms with E-state index in [0.717, 1.165) is 31.8 Å². The predicted molar refractivity (Wildman–Crippen MR) is 100 cm³/mol. The largest absolute Gasteiger partial charge is 0.225 e. The summed E-state index contributed by atoms with van der Waals surface area (Å²) >= 11 is 8.02. The van der Waals surface area contributed by atoms with Crippen LogP contribution in [0.4, 0.5) is 0 Å². The van der Waals surface area contributed by atoms with Gasteiger partial charge in [-0.3, -0.25) is 0 Å². The molecule has 2 aromatic heterocycles. The van der Waals surface area contributed by atoms with Crippen LogP contribution in [0, 0.1) is 0 Å². The topological polar surface area (TPSA) is 25.8 Å². The summed E-state index contributed by atoms with van der Waals surface area (Å²) in [5.41, 5.74) is 3.23. The lowest BCUT2D eigenvalue weighted by Gasteiger charge is -2.09. The van der Waals surface area contributed by atoms with Gasteiger partial charge in [-0.15, -0.1) is 11.3 Å². The van der Waals surface area contributed by atoms with Gasteiger partial charge in [0.1, 0.15) is 16.3 Å². The predicted octanol–water partition coefficient (Wildman–Crippen LogP) is 6.20. The Morgan fingerprint density at radius 1 is 1.09 bits per heavy atom. The maximum absolute atomic E-state index is 6.41. The molecule has 0 bridgehead atoms. The molecule has 4 rings (SSSR count). The molecule has 0 saturated carbocycles. The van der Waals surface area contributed by atoms with Gasteiger partial charge in [0.15, 0.2) is 0 Å². The number of halogens is 1. The lowest BCUT2D eigenvalue weighted by Crippen LogP contribution is -1.86. The Hall–Kier alpha value is -2.23. The summed E-state index contributed by atoms with van der Waals surface area (Å²) in [4.78, 5) is 10.6. The van der Waals surface area contributed by atoms with Crippen LogP contribution in [0.2, 0.25) is 5.15 Å². The highest BCUT2D eigenvalue weighted by Gasteiger charge is 2.19. The number of rotatable bonds is 2. The van der Waals surface area contributed by atoms with E-state index in [1.807, 2.05) is 13.0 Å². The summed E-state index contributed by atoms with van der Waals surface area (Å²) in [5, 5.41) is 3.79. The molecule has 0 aliphatic rings. The van der Waals surface area contributed by atoms with Crippen LogP contribution in [0.3, 0.4) is 0 Å². The second-order valence-corrected chi connectivity index (χ2v) is 6.81. The third-order valence-electron chi connectivity index (χ3n) is 3.89. The van der Waals surface area contributed by atoms with E-state index in [9.17, 15) is 0 Å². The molecule has 4 aromatic rings. The first-order valence-electron chi connectivity index (χ1n) is 7.24. The van der Waals surface area contributed by atoms with Crippen LogP contribution in [-0.4, -0.2) is 9.97 Å². The average Bonchev–Trinajstić information content (AvgIpc) is 2.95. The van der Waals surface area contributed by atoms with Crippen molar-refractivity contribution in [1.82, 2.24) is 9.97 Å². The van der Waals surface area contributed by atoms with Crippen LogP contribution >= 0.6 is 22.9 Å². The summed E-state index contributed by atoms with van der Waals surface area (Å²) in [6.07, 6.45) is 1.51. The molecule has 0 spiro atoms. The summed E-state index contributed by atoms with van der Waals surface area (Å²) in [6.45, 7) is 6.15. The highest BCUT2D eigenvalue weighted by Crippen LogP contribution is 2.45. The van der Waals surface area contributed by atoms with Gasteiger partial charge in [0, 0.05) is 10.4 Å². The number of nitrogens with zero attached hydrogens (tertiary/aromatic N) is 2. The second-order valence-electron chi connectivity index (χ2n) is 5.46. The van der Waals surface area contributed by atoms with Crippen molar-refractivity contribution >= 4 is 49.5 Å². The van der Waals surface area contributed by atoms with Gasteiger partial charge in [-0.05, 0) is 28.8 Å². The van der Waals surface area contributed by atoms with Gasteiger partial charge >= 0.3 is 0 Å². The smallest absolute Gasteiger partial charge is 0.141 e. The Labute approximate surface area is 143 Å². The van der Waals surface area contributed by atoms with E-state index in [-0.39, 0.29) is 0 Å². The van der Waals surface area contributed by atoms with Gasteiger partial charge < -0.3 is 0 Å². The van der Waals surface area contributed by atoms with Crippen LogP contribution in [0.5, 0.6) is 0 Å². The average molecular weight is 337 g/mol. The number of hydrogen-bond donors (Lipinski definition) is 0. The van der Waals surface area contributed by atoms with Crippen molar-refractivity contribution < 1.29 is 0 Å². The molecule has 2 aromatic carbocycles. The third kappa shape index (κ3) is 2.24. The monoisotopic (exact) mass is 336 g/mol. The fourth-order valence-corrected chi connectivity index (χ4v) is 4.26. The van der Waals surface area contributed by atoms with Gasteiger partial charge in [-0.25, -0.2) is 9.97 Å². The standard InChI is InChI=1S/C19H13ClN2S/c1-11(2)17-15(16-18(20)21-10-22-19(16)23-17)14-9-5-7-12-6-3-4-8-13(12)14/h3-10H,1H2,2H3. The Bertz CT molecular complexity index is 1060. The zero-order valence-electron chi connectivity index (χ0n) is 12.5. The van der Waals surface area contributed by atoms with Crippen LogP contribution in [0.25, 0.3) is 37.7 Å². The normalized spacial score (nSPS) is 11.2. The molecule has 2 nitrogen and oxygen atoms in total.